The first-order valence-electron chi connectivity index (χ1n) is 22.8. The van der Waals surface area contributed by atoms with Gasteiger partial charge in [-0.1, -0.05) is 155 Å². The molecule has 2 heterocycles. The number of amides is 1. The third-order valence-electron chi connectivity index (χ3n) is 11.6. The van der Waals surface area contributed by atoms with Crippen LogP contribution in [0, 0.1) is 0 Å². The van der Waals surface area contributed by atoms with Crippen molar-refractivity contribution < 1.29 is 64.6 Å². The Hall–Kier alpha value is -1.01. The summed E-state index contributed by atoms with van der Waals surface area (Å²) in [5.41, 5.74) is 0. The molecule has 0 aromatic heterocycles. The summed E-state index contributed by atoms with van der Waals surface area (Å²) >= 11 is 0. The van der Waals surface area contributed by atoms with E-state index in [-0.39, 0.29) is 12.5 Å². The lowest BCUT2D eigenvalue weighted by molar-refractivity contribution is -0.359. The molecule has 12 unspecified atom stereocenters. The summed E-state index contributed by atoms with van der Waals surface area (Å²) in [4.78, 5) is 13.0. The number of ether oxygens (including phenoxy) is 4. The number of aliphatic hydroxyl groups excluding tert-OH is 8. The van der Waals surface area contributed by atoms with Crippen LogP contribution in [-0.4, -0.2) is 140 Å². The minimum Gasteiger partial charge on any atom is -0.394 e. The van der Waals surface area contributed by atoms with E-state index in [1.165, 1.54) is 89.9 Å². The van der Waals surface area contributed by atoms with E-state index >= 15 is 0 Å². The van der Waals surface area contributed by atoms with Crippen LogP contribution in [0.1, 0.15) is 174 Å². The number of nitrogens with one attached hydrogen (secondary N) is 1. The van der Waals surface area contributed by atoms with Crippen LogP contribution in [0.5, 0.6) is 0 Å². The number of aliphatic hydroxyl groups is 8. The number of rotatable bonds is 34. The van der Waals surface area contributed by atoms with Crippen LogP contribution < -0.4 is 5.32 Å². The lowest BCUT2D eigenvalue weighted by Gasteiger charge is -2.46. The zero-order valence-electron chi connectivity index (χ0n) is 35.3. The molecule has 0 radical (unpaired) electrons. The van der Waals surface area contributed by atoms with Gasteiger partial charge in [0.1, 0.15) is 48.8 Å². The number of hydrogen-bond donors (Lipinski definition) is 9. The number of carbonyl (C=O) groups is 1. The Morgan fingerprint density at radius 2 is 1.00 bits per heavy atom. The highest BCUT2D eigenvalue weighted by atomic mass is 16.7. The van der Waals surface area contributed by atoms with E-state index in [1.54, 1.807) is 0 Å². The van der Waals surface area contributed by atoms with Gasteiger partial charge in [0.15, 0.2) is 12.6 Å². The highest BCUT2D eigenvalue weighted by Gasteiger charge is 2.51. The minimum atomic E-state index is -1.78. The molecule has 0 spiro atoms. The smallest absolute Gasteiger partial charge is 0.220 e. The summed E-state index contributed by atoms with van der Waals surface area (Å²) < 4.78 is 22.6. The predicted octanol–water partition coefficient (Wildman–Crippen LogP) is 4.27. The summed E-state index contributed by atoms with van der Waals surface area (Å²) in [5, 5.41) is 86.3. The van der Waals surface area contributed by atoms with Gasteiger partial charge < -0.3 is 65.1 Å². The largest absolute Gasteiger partial charge is 0.394 e. The number of hydrogen-bond acceptors (Lipinski definition) is 13. The van der Waals surface area contributed by atoms with Crippen molar-refractivity contribution in [3.8, 4) is 0 Å². The summed E-state index contributed by atoms with van der Waals surface area (Å²) in [6.07, 6.45) is 11.5. The molecule has 14 heteroatoms. The van der Waals surface area contributed by atoms with Crippen LogP contribution in [0.25, 0.3) is 0 Å². The molecule has 0 aliphatic carbocycles. The lowest BCUT2D eigenvalue weighted by Crippen LogP contribution is -2.65. The number of carbonyl (C=O) groups excluding carboxylic acids is 1. The Morgan fingerprint density at radius 1 is 0.561 bits per heavy atom. The van der Waals surface area contributed by atoms with Crippen LogP contribution in [-0.2, 0) is 23.7 Å². The Balaban J connectivity index is 1.82. The van der Waals surface area contributed by atoms with Gasteiger partial charge in [-0.25, -0.2) is 0 Å². The fourth-order valence-corrected chi connectivity index (χ4v) is 7.76. The van der Waals surface area contributed by atoms with Gasteiger partial charge in [-0.2, -0.15) is 0 Å². The van der Waals surface area contributed by atoms with E-state index in [1.807, 2.05) is 0 Å². The molecular weight excluding hydrogens is 738 g/mol. The van der Waals surface area contributed by atoms with Crippen molar-refractivity contribution in [2.75, 3.05) is 19.8 Å². The van der Waals surface area contributed by atoms with Gasteiger partial charge in [0.25, 0.3) is 0 Å². The van der Waals surface area contributed by atoms with Gasteiger partial charge in [0.05, 0.1) is 32.0 Å². The SMILES string of the molecule is CCCCCCCCCCCCCCCCCCCC(O)C(COC1OC(CO)C(OC2OC(CO)C(O)C(O)C2O)C(O)C1O)NC(=O)CCCCCCCC. The first-order chi connectivity index (χ1) is 27.6. The first kappa shape index (κ1) is 52.1. The molecule has 2 fully saturated rings. The molecule has 9 N–H and O–H groups in total. The zero-order chi connectivity index (χ0) is 41.8. The molecule has 0 aromatic carbocycles. The molecule has 338 valence electrons. The Kier molecular flexibility index (Phi) is 29.1. The third-order valence-corrected chi connectivity index (χ3v) is 11.6. The fraction of sp³-hybridized carbons (Fsp3) is 0.977. The monoisotopic (exact) mass is 822 g/mol. The standard InChI is InChI=1S/C43H83NO13/c1-3-5-7-9-11-12-13-14-15-16-17-18-19-20-21-22-24-26-32(47)31(44-35(48)27-25-23-10-8-6-4-2)30-54-42-40(53)38(51)41(34(29-46)56-42)57-43-39(52)37(50)36(49)33(28-45)55-43/h31-34,36-43,45-47,49-53H,3-30H2,1-2H3,(H,44,48). The molecule has 2 saturated heterocycles. The van der Waals surface area contributed by atoms with Crippen LogP contribution >= 0.6 is 0 Å². The molecule has 12 atom stereocenters. The quantitative estimate of drug-likeness (QED) is 0.0414. The molecule has 2 aliphatic rings. The van der Waals surface area contributed by atoms with Crippen molar-refractivity contribution in [2.24, 2.45) is 0 Å². The second kappa shape index (κ2) is 31.8. The van der Waals surface area contributed by atoms with Gasteiger partial charge in [0, 0.05) is 6.42 Å². The first-order valence-corrected chi connectivity index (χ1v) is 22.8. The molecule has 0 saturated carbocycles. The van der Waals surface area contributed by atoms with Crippen LogP contribution in [0.3, 0.4) is 0 Å². The van der Waals surface area contributed by atoms with Gasteiger partial charge in [-0.3, -0.25) is 4.79 Å². The average molecular weight is 822 g/mol. The molecule has 57 heavy (non-hydrogen) atoms. The Bertz CT molecular complexity index is 977. The number of unbranched alkanes of at least 4 members (excludes halogenated alkanes) is 21. The molecule has 0 bridgehead atoms. The van der Waals surface area contributed by atoms with Crippen molar-refractivity contribution >= 4 is 5.91 Å². The van der Waals surface area contributed by atoms with E-state index in [9.17, 15) is 45.6 Å². The highest BCUT2D eigenvalue weighted by Crippen LogP contribution is 2.30. The van der Waals surface area contributed by atoms with Gasteiger partial charge >= 0.3 is 0 Å². The third kappa shape index (κ3) is 20.4. The topological polar surface area (TPSA) is 228 Å². The zero-order valence-corrected chi connectivity index (χ0v) is 35.3. The maximum absolute atomic E-state index is 13.0. The molecule has 2 aliphatic heterocycles. The van der Waals surface area contributed by atoms with E-state index in [0.717, 1.165) is 57.8 Å². The van der Waals surface area contributed by atoms with Gasteiger partial charge in [0.2, 0.25) is 5.91 Å². The minimum absolute atomic E-state index is 0.216. The van der Waals surface area contributed by atoms with Crippen molar-refractivity contribution in [1.29, 1.82) is 0 Å². The van der Waals surface area contributed by atoms with Crippen molar-refractivity contribution in [2.45, 2.75) is 248 Å². The molecule has 1 amide bonds. The fourth-order valence-electron chi connectivity index (χ4n) is 7.76. The maximum atomic E-state index is 13.0. The van der Waals surface area contributed by atoms with Crippen LogP contribution in [0.15, 0.2) is 0 Å². The van der Waals surface area contributed by atoms with Gasteiger partial charge in [-0.15, -0.1) is 0 Å². The molecule has 0 aromatic rings. The molecular formula is C43H83NO13. The van der Waals surface area contributed by atoms with Crippen LogP contribution in [0.4, 0.5) is 0 Å². The van der Waals surface area contributed by atoms with Gasteiger partial charge in [-0.05, 0) is 12.8 Å². The molecule has 2 rings (SSSR count). The van der Waals surface area contributed by atoms with E-state index in [2.05, 4.69) is 19.2 Å². The second-order valence-corrected chi connectivity index (χ2v) is 16.5. The molecule has 14 nitrogen and oxygen atoms in total. The lowest BCUT2D eigenvalue weighted by atomic mass is 9.97. The van der Waals surface area contributed by atoms with Crippen molar-refractivity contribution in [1.82, 2.24) is 5.32 Å². The van der Waals surface area contributed by atoms with E-state index in [0.29, 0.717) is 12.8 Å². The summed E-state index contributed by atoms with van der Waals surface area (Å²) in [7, 11) is 0. The van der Waals surface area contributed by atoms with E-state index < -0.39 is 86.8 Å². The van der Waals surface area contributed by atoms with E-state index in [4.69, 9.17) is 18.9 Å². The average Bonchev–Trinajstić information content (AvgIpc) is 3.21. The van der Waals surface area contributed by atoms with Crippen molar-refractivity contribution in [3.63, 3.8) is 0 Å². The Morgan fingerprint density at radius 3 is 1.49 bits per heavy atom. The maximum Gasteiger partial charge on any atom is 0.220 e. The van der Waals surface area contributed by atoms with Crippen molar-refractivity contribution in [3.05, 3.63) is 0 Å². The summed E-state index contributed by atoms with van der Waals surface area (Å²) in [6, 6.07) is -0.817. The second-order valence-electron chi connectivity index (χ2n) is 16.5. The Labute approximate surface area is 343 Å². The summed E-state index contributed by atoms with van der Waals surface area (Å²) in [6.45, 7) is 2.77. The summed E-state index contributed by atoms with van der Waals surface area (Å²) in [5.74, 6) is -0.216. The highest BCUT2D eigenvalue weighted by molar-refractivity contribution is 5.76. The predicted molar refractivity (Wildman–Crippen MR) is 217 cm³/mol. The normalized spacial score (nSPS) is 29.0. The van der Waals surface area contributed by atoms with Crippen LogP contribution in [0.2, 0.25) is 0 Å².